The number of likely N-dealkylation sites (tertiary alicyclic amines) is 1. The molecule has 4 N–H and O–H groups in total. The molecule has 1 atom stereocenters. The molecule has 1 unspecified atom stereocenters. The van der Waals surface area contributed by atoms with Crippen LogP contribution in [0.2, 0.25) is 0 Å². The molecule has 5 heterocycles. The fourth-order valence-electron chi connectivity index (χ4n) is 5.72. The normalized spacial score (nSPS) is 16.6. The molecule has 10 nitrogen and oxygen atoms in total. The number of anilines is 1. The highest BCUT2D eigenvalue weighted by atomic mass is 16.2. The SMILES string of the molecule is C=CC(=O)N1CCC(N)CC1.CC1CCc2cc(-n3c(-c4cccnc4N)nc4ccc(-n5cccn5)nc43)ccc21. The number of nitrogens with two attached hydrogens (primary N) is 2. The third-order valence-corrected chi connectivity index (χ3v) is 8.10. The van der Waals surface area contributed by atoms with Gasteiger partial charge in [0.2, 0.25) is 5.91 Å². The molecule has 0 radical (unpaired) electrons. The number of nitrogen functional groups attached to an aromatic ring is 1. The highest BCUT2D eigenvalue weighted by Crippen LogP contribution is 2.36. The number of aromatic nitrogens is 6. The van der Waals surface area contributed by atoms with Gasteiger partial charge in [0.25, 0.3) is 0 Å². The molecule has 0 bridgehead atoms. The summed E-state index contributed by atoms with van der Waals surface area (Å²) < 4.78 is 3.83. The highest BCUT2D eigenvalue weighted by Gasteiger charge is 2.23. The largest absolute Gasteiger partial charge is 0.383 e. The van der Waals surface area contributed by atoms with Gasteiger partial charge in [-0.15, -0.1) is 0 Å². The van der Waals surface area contributed by atoms with Crippen LogP contribution in [0.3, 0.4) is 0 Å². The minimum absolute atomic E-state index is 0.0249. The number of aryl methyl sites for hydroxylation is 1. The molecule has 5 aromatic rings. The van der Waals surface area contributed by atoms with Gasteiger partial charge in [-0.05, 0) is 91.3 Å². The van der Waals surface area contributed by atoms with Crippen molar-refractivity contribution in [1.29, 1.82) is 0 Å². The molecule has 1 amide bonds. The first-order chi connectivity index (χ1) is 20.4. The van der Waals surface area contributed by atoms with E-state index >= 15 is 0 Å². The number of piperidine rings is 1. The van der Waals surface area contributed by atoms with Gasteiger partial charge in [0.1, 0.15) is 11.3 Å². The van der Waals surface area contributed by atoms with E-state index in [0.717, 1.165) is 66.4 Å². The summed E-state index contributed by atoms with van der Waals surface area (Å²) in [6, 6.07) is 16.5. The van der Waals surface area contributed by atoms with E-state index in [1.165, 1.54) is 23.6 Å². The summed E-state index contributed by atoms with van der Waals surface area (Å²) in [6.07, 6.45) is 10.8. The molecule has 1 aliphatic heterocycles. The lowest BCUT2D eigenvalue weighted by atomic mass is 10.0. The lowest BCUT2D eigenvalue weighted by molar-refractivity contribution is -0.126. The van der Waals surface area contributed by atoms with E-state index in [-0.39, 0.29) is 11.9 Å². The molecule has 4 aromatic heterocycles. The van der Waals surface area contributed by atoms with Gasteiger partial charge in [-0.1, -0.05) is 19.6 Å². The molecule has 1 aliphatic carbocycles. The first-order valence-corrected chi connectivity index (χ1v) is 14.3. The van der Waals surface area contributed by atoms with Crippen LogP contribution in [0.25, 0.3) is 34.1 Å². The van der Waals surface area contributed by atoms with Crippen molar-refractivity contribution in [3.8, 4) is 22.9 Å². The van der Waals surface area contributed by atoms with E-state index in [1.54, 1.807) is 22.0 Å². The van der Waals surface area contributed by atoms with Crippen LogP contribution in [0, 0.1) is 0 Å². The third kappa shape index (κ3) is 5.28. The van der Waals surface area contributed by atoms with Gasteiger partial charge >= 0.3 is 0 Å². The minimum Gasteiger partial charge on any atom is -0.383 e. The number of benzene rings is 1. The summed E-state index contributed by atoms with van der Waals surface area (Å²) in [7, 11) is 0. The van der Waals surface area contributed by atoms with Crippen molar-refractivity contribution in [3.63, 3.8) is 0 Å². The Morgan fingerprint density at radius 3 is 2.62 bits per heavy atom. The maximum Gasteiger partial charge on any atom is 0.245 e. The van der Waals surface area contributed by atoms with Gasteiger partial charge in [0.05, 0.1) is 5.56 Å². The maximum absolute atomic E-state index is 11.0. The zero-order valence-corrected chi connectivity index (χ0v) is 23.7. The quantitative estimate of drug-likeness (QED) is 0.310. The Hall–Kier alpha value is -4.83. The van der Waals surface area contributed by atoms with Crippen LogP contribution in [0.5, 0.6) is 0 Å². The first kappa shape index (κ1) is 27.3. The lowest BCUT2D eigenvalue weighted by Gasteiger charge is -2.29. The van der Waals surface area contributed by atoms with Crippen molar-refractivity contribution in [2.75, 3.05) is 18.8 Å². The molecule has 42 heavy (non-hydrogen) atoms. The molecule has 7 rings (SSSR count). The van der Waals surface area contributed by atoms with Gasteiger partial charge in [-0.3, -0.25) is 9.36 Å². The number of nitrogens with zero attached hydrogens (tertiary/aromatic N) is 7. The third-order valence-electron chi connectivity index (χ3n) is 8.10. The van der Waals surface area contributed by atoms with Crippen molar-refractivity contribution in [3.05, 3.63) is 90.9 Å². The van der Waals surface area contributed by atoms with Crippen molar-refractivity contribution < 1.29 is 4.79 Å². The molecular formula is C32H35N9O. The number of rotatable bonds is 4. The molecular weight excluding hydrogens is 526 g/mol. The Balaban J connectivity index is 0.000000244. The van der Waals surface area contributed by atoms with Crippen LogP contribution in [-0.2, 0) is 11.2 Å². The Morgan fingerprint density at radius 1 is 1.05 bits per heavy atom. The Morgan fingerprint density at radius 2 is 1.88 bits per heavy atom. The fraction of sp³-hybridized carbons (Fsp3) is 0.281. The van der Waals surface area contributed by atoms with E-state index in [9.17, 15) is 4.79 Å². The van der Waals surface area contributed by atoms with Crippen LogP contribution in [0.4, 0.5) is 5.82 Å². The summed E-state index contributed by atoms with van der Waals surface area (Å²) in [6.45, 7) is 7.29. The number of hydrogen-bond donors (Lipinski definition) is 2. The predicted molar refractivity (Wildman–Crippen MR) is 164 cm³/mol. The van der Waals surface area contributed by atoms with E-state index in [1.807, 2.05) is 36.5 Å². The van der Waals surface area contributed by atoms with E-state index in [0.29, 0.717) is 11.7 Å². The second kappa shape index (κ2) is 11.6. The predicted octanol–water partition coefficient (Wildman–Crippen LogP) is 4.42. The maximum atomic E-state index is 11.0. The minimum atomic E-state index is 0.0249. The molecule has 0 saturated carbocycles. The topological polar surface area (TPSA) is 134 Å². The van der Waals surface area contributed by atoms with Crippen LogP contribution in [-0.4, -0.2) is 59.2 Å². The average Bonchev–Trinajstić information content (AvgIpc) is 3.76. The summed E-state index contributed by atoms with van der Waals surface area (Å²) in [4.78, 5) is 26.9. The second-order valence-corrected chi connectivity index (χ2v) is 10.9. The summed E-state index contributed by atoms with van der Waals surface area (Å²) in [5.74, 6) is 2.54. The molecule has 0 spiro atoms. The molecule has 1 fully saturated rings. The van der Waals surface area contributed by atoms with Gasteiger partial charge < -0.3 is 16.4 Å². The summed E-state index contributed by atoms with van der Waals surface area (Å²) in [5.41, 5.74) is 18.1. The number of hydrogen-bond acceptors (Lipinski definition) is 7. The molecule has 214 valence electrons. The molecule has 1 aromatic carbocycles. The second-order valence-electron chi connectivity index (χ2n) is 10.9. The van der Waals surface area contributed by atoms with Crippen LogP contribution >= 0.6 is 0 Å². The van der Waals surface area contributed by atoms with Crippen LogP contribution in [0.15, 0.2) is 79.8 Å². The Bertz CT molecular complexity index is 1730. The number of amides is 1. The van der Waals surface area contributed by atoms with Gasteiger partial charge in [-0.2, -0.15) is 5.10 Å². The van der Waals surface area contributed by atoms with Crippen LogP contribution < -0.4 is 11.5 Å². The number of fused-ring (bicyclic) bond motifs is 2. The molecule has 2 aliphatic rings. The summed E-state index contributed by atoms with van der Waals surface area (Å²) in [5, 5.41) is 4.32. The average molecular weight is 562 g/mol. The standard InChI is InChI=1S/C24H21N7.C8H14N2O/c1-15-5-6-16-14-17(7-8-18(15)16)31-23(19-4-2-11-26-22(19)25)28-20-9-10-21(29-24(20)31)30-13-3-12-27-30;1-2-8(11)10-5-3-7(9)4-6-10/h2-4,7-15H,5-6H2,1H3,(H2,25,26);2,7H,1,3-6,9H2. The van der Waals surface area contributed by atoms with Crippen molar-refractivity contribution in [1.82, 2.24) is 34.2 Å². The summed E-state index contributed by atoms with van der Waals surface area (Å²) >= 11 is 0. The van der Waals surface area contributed by atoms with Crippen molar-refractivity contribution in [2.24, 2.45) is 5.73 Å². The Labute approximate surface area is 244 Å². The van der Waals surface area contributed by atoms with Gasteiger partial charge in [-0.25, -0.2) is 19.6 Å². The number of carbonyl (C=O) groups is 1. The van der Waals surface area contributed by atoms with Gasteiger partial charge in [0.15, 0.2) is 17.3 Å². The monoisotopic (exact) mass is 561 g/mol. The highest BCUT2D eigenvalue weighted by molar-refractivity contribution is 5.87. The zero-order chi connectivity index (χ0) is 29.2. The van der Waals surface area contributed by atoms with E-state index in [2.05, 4.69) is 46.4 Å². The number of imidazole rings is 1. The number of pyridine rings is 2. The van der Waals surface area contributed by atoms with E-state index < -0.39 is 0 Å². The van der Waals surface area contributed by atoms with Crippen molar-refractivity contribution in [2.45, 2.75) is 44.6 Å². The number of carbonyl (C=O) groups excluding carboxylic acids is 1. The van der Waals surface area contributed by atoms with Crippen molar-refractivity contribution >= 4 is 22.9 Å². The Kier molecular flexibility index (Phi) is 7.54. The fourth-order valence-corrected chi connectivity index (χ4v) is 5.72. The molecule has 1 saturated heterocycles. The van der Waals surface area contributed by atoms with Gasteiger partial charge in [0, 0.05) is 43.4 Å². The smallest absolute Gasteiger partial charge is 0.245 e. The van der Waals surface area contributed by atoms with Crippen LogP contribution in [0.1, 0.15) is 43.2 Å². The van der Waals surface area contributed by atoms with E-state index in [4.69, 9.17) is 21.4 Å². The zero-order valence-electron chi connectivity index (χ0n) is 23.7. The first-order valence-electron chi connectivity index (χ1n) is 14.3. The molecule has 10 heteroatoms. The lowest BCUT2D eigenvalue weighted by Crippen LogP contribution is -2.42.